The lowest BCUT2D eigenvalue weighted by atomic mass is 9.99. The average Bonchev–Trinajstić information content (AvgIpc) is 1.95. The zero-order valence-corrected chi connectivity index (χ0v) is 7.75. The van der Waals surface area contributed by atoms with E-state index in [-0.39, 0.29) is 0 Å². The van der Waals surface area contributed by atoms with E-state index in [2.05, 4.69) is 18.8 Å². The average molecular weight is 164 g/mol. The maximum Gasteiger partial charge on any atom is 0.0494 e. The van der Waals surface area contributed by atoms with Crippen LogP contribution in [0.2, 0.25) is 0 Å². The largest absolute Gasteiger partial charge is 0.398 e. The molecular weight excluding hydrogens is 148 g/mol. The monoisotopic (exact) mass is 164 g/mol. The first-order valence-corrected chi connectivity index (χ1v) is 4.38. The van der Waals surface area contributed by atoms with E-state index >= 15 is 0 Å². The third kappa shape index (κ3) is 2.53. The molecule has 0 aromatic heterocycles. The van der Waals surface area contributed by atoms with Crippen LogP contribution < -0.4 is 5.73 Å². The second-order valence-corrected chi connectivity index (χ2v) is 3.38. The van der Waals surface area contributed by atoms with E-state index in [0.717, 1.165) is 18.5 Å². The minimum absolute atomic E-state index is 0.592. The Hall–Kier alpha value is -1.05. The van der Waals surface area contributed by atoms with Gasteiger partial charge in [-0.2, -0.15) is 0 Å². The lowest BCUT2D eigenvalue weighted by molar-refractivity contribution is 0.710. The first-order valence-electron chi connectivity index (χ1n) is 4.38. The van der Waals surface area contributed by atoms with E-state index in [1.54, 1.807) is 6.21 Å². The number of nitrogens with two attached hydrogens (primary N) is 1. The Morgan fingerprint density at radius 3 is 2.92 bits per heavy atom. The molecule has 0 saturated heterocycles. The van der Waals surface area contributed by atoms with Gasteiger partial charge in [0.25, 0.3) is 0 Å². The molecule has 0 radical (unpaired) electrons. The fourth-order valence-corrected chi connectivity index (χ4v) is 1.18. The summed E-state index contributed by atoms with van der Waals surface area (Å²) in [7, 11) is 0. The fraction of sp³-hybridized carbons (Fsp3) is 0.500. The van der Waals surface area contributed by atoms with E-state index in [9.17, 15) is 0 Å². The molecule has 66 valence electrons. The van der Waals surface area contributed by atoms with Gasteiger partial charge in [0.2, 0.25) is 0 Å². The van der Waals surface area contributed by atoms with Crippen molar-refractivity contribution in [1.29, 1.82) is 0 Å². The summed E-state index contributed by atoms with van der Waals surface area (Å²) in [6.07, 6.45) is 7.78. The highest BCUT2D eigenvalue weighted by molar-refractivity contribution is 5.77. The van der Waals surface area contributed by atoms with Gasteiger partial charge in [0.15, 0.2) is 0 Å². The van der Waals surface area contributed by atoms with Crippen molar-refractivity contribution in [1.82, 2.24) is 0 Å². The van der Waals surface area contributed by atoms with Crippen LogP contribution in [0.4, 0.5) is 0 Å². The summed E-state index contributed by atoms with van der Waals surface area (Å²) >= 11 is 0. The molecular formula is C10H16N2. The van der Waals surface area contributed by atoms with Crippen LogP contribution in [0.25, 0.3) is 0 Å². The van der Waals surface area contributed by atoms with Crippen LogP contribution in [-0.2, 0) is 0 Å². The molecule has 1 aliphatic heterocycles. The number of hydrogen-bond donors (Lipinski definition) is 1. The first-order chi connectivity index (χ1) is 5.70. The Labute approximate surface area is 73.9 Å². The van der Waals surface area contributed by atoms with Crippen LogP contribution >= 0.6 is 0 Å². The van der Waals surface area contributed by atoms with Gasteiger partial charge < -0.3 is 5.73 Å². The Kier molecular flexibility index (Phi) is 3.09. The molecule has 0 aromatic carbocycles. The second kappa shape index (κ2) is 4.10. The van der Waals surface area contributed by atoms with Crippen LogP contribution in [-0.4, -0.2) is 6.21 Å². The normalized spacial score (nSPS) is 29.6. The maximum atomic E-state index is 5.61. The highest BCUT2D eigenvalue weighted by atomic mass is 14.7. The zero-order valence-electron chi connectivity index (χ0n) is 7.75. The van der Waals surface area contributed by atoms with Gasteiger partial charge in [-0.1, -0.05) is 19.9 Å². The Bertz CT molecular complexity index is 234. The lowest BCUT2D eigenvalue weighted by Crippen LogP contribution is -2.01. The summed E-state index contributed by atoms with van der Waals surface area (Å²) in [4.78, 5) is 4.13. The number of aliphatic imine (C=N–C) groups is 1. The topological polar surface area (TPSA) is 38.4 Å². The van der Waals surface area contributed by atoms with E-state index in [4.69, 9.17) is 5.73 Å². The molecule has 0 saturated carbocycles. The molecule has 2 nitrogen and oxygen atoms in total. The van der Waals surface area contributed by atoms with Crippen molar-refractivity contribution in [3.8, 4) is 0 Å². The van der Waals surface area contributed by atoms with Crippen molar-refractivity contribution < 1.29 is 0 Å². The van der Waals surface area contributed by atoms with E-state index in [1.807, 2.05) is 12.3 Å². The SMILES string of the molecule is CC(C)/C1=C/N=C/C(N)=C\CC1. The van der Waals surface area contributed by atoms with Crippen LogP contribution in [0.5, 0.6) is 0 Å². The number of hydrogen-bond acceptors (Lipinski definition) is 2. The maximum absolute atomic E-state index is 5.61. The van der Waals surface area contributed by atoms with Gasteiger partial charge in [0, 0.05) is 18.1 Å². The molecule has 0 aromatic rings. The summed E-state index contributed by atoms with van der Waals surface area (Å²) in [5.41, 5.74) is 7.78. The summed E-state index contributed by atoms with van der Waals surface area (Å²) in [6, 6.07) is 0. The van der Waals surface area contributed by atoms with Crippen molar-refractivity contribution in [2.24, 2.45) is 16.6 Å². The standard InChI is InChI=1S/C10H16N2/c1-8(2)9-4-3-5-10(11)7-12-6-9/h5-8H,3-4,11H2,1-2H3/b9-6+,10-5+,12-7+. The molecule has 0 amide bonds. The Morgan fingerprint density at radius 1 is 1.50 bits per heavy atom. The smallest absolute Gasteiger partial charge is 0.0494 e. The Morgan fingerprint density at radius 2 is 2.25 bits per heavy atom. The number of rotatable bonds is 1. The molecule has 0 fully saturated rings. The van der Waals surface area contributed by atoms with E-state index in [0.29, 0.717) is 5.92 Å². The highest BCUT2D eigenvalue weighted by Gasteiger charge is 2.02. The first kappa shape index (κ1) is 9.04. The molecule has 12 heavy (non-hydrogen) atoms. The van der Waals surface area contributed by atoms with Gasteiger partial charge in [-0.25, -0.2) is 0 Å². The van der Waals surface area contributed by atoms with Gasteiger partial charge in [-0.15, -0.1) is 0 Å². The third-order valence-corrected chi connectivity index (χ3v) is 2.02. The van der Waals surface area contributed by atoms with Crippen molar-refractivity contribution in [2.45, 2.75) is 26.7 Å². The molecule has 1 heterocycles. The molecule has 2 N–H and O–H groups in total. The van der Waals surface area contributed by atoms with Crippen LogP contribution in [0.1, 0.15) is 26.7 Å². The van der Waals surface area contributed by atoms with Crippen LogP contribution in [0, 0.1) is 5.92 Å². The van der Waals surface area contributed by atoms with Gasteiger partial charge in [0.05, 0.1) is 0 Å². The van der Waals surface area contributed by atoms with Crippen molar-refractivity contribution in [3.63, 3.8) is 0 Å². The van der Waals surface area contributed by atoms with Crippen molar-refractivity contribution in [3.05, 3.63) is 23.5 Å². The molecule has 1 aliphatic rings. The third-order valence-electron chi connectivity index (χ3n) is 2.02. The molecule has 0 spiro atoms. The van der Waals surface area contributed by atoms with Gasteiger partial charge in [0.1, 0.15) is 0 Å². The predicted octanol–water partition coefficient (Wildman–Crippen LogP) is 2.23. The number of allylic oxidation sites excluding steroid dienone is 3. The molecule has 2 heteroatoms. The fourth-order valence-electron chi connectivity index (χ4n) is 1.18. The quantitative estimate of drug-likeness (QED) is 0.634. The Balaban J connectivity index is 2.72. The van der Waals surface area contributed by atoms with E-state index < -0.39 is 0 Å². The summed E-state index contributed by atoms with van der Waals surface area (Å²) < 4.78 is 0. The van der Waals surface area contributed by atoms with Gasteiger partial charge in [-0.05, 0) is 24.3 Å². The highest BCUT2D eigenvalue weighted by Crippen LogP contribution is 2.17. The van der Waals surface area contributed by atoms with Crippen LogP contribution in [0.15, 0.2) is 28.5 Å². The minimum Gasteiger partial charge on any atom is -0.398 e. The van der Waals surface area contributed by atoms with Crippen molar-refractivity contribution >= 4 is 6.21 Å². The molecule has 0 unspecified atom stereocenters. The summed E-state index contributed by atoms with van der Waals surface area (Å²) in [5.74, 6) is 0.592. The molecule has 0 aliphatic carbocycles. The van der Waals surface area contributed by atoms with Gasteiger partial charge >= 0.3 is 0 Å². The number of nitrogens with zero attached hydrogens (tertiary/aromatic N) is 1. The minimum atomic E-state index is 0.592. The molecule has 1 rings (SSSR count). The van der Waals surface area contributed by atoms with Gasteiger partial charge in [-0.3, -0.25) is 4.99 Å². The summed E-state index contributed by atoms with van der Waals surface area (Å²) in [5, 5.41) is 0. The van der Waals surface area contributed by atoms with E-state index in [1.165, 1.54) is 5.57 Å². The predicted molar refractivity (Wildman–Crippen MR) is 52.9 cm³/mol. The summed E-state index contributed by atoms with van der Waals surface area (Å²) in [6.45, 7) is 4.38. The van der Waals surface area contributed by atoms with Crippen molar-refractivity contribution in [2.75, 3.05) is 0 Å². The molecule has 0 atom stereocenters. The molecule has 0 bridgehead atoms. The lowest BCUT2D eigenvalue weighted by Gasteiger charge is -2.09. The second-order valence-electron chi connectivity index (χ2n) is 3.38. The van der Waals surface area contributed by atoms with Crippen LogP contribution in [0.3, 0.4) is 0 Å². The zero-order chi connectivity index (χ0) is 8.97.